The molecule has 3 nitrogen and oxygen atoms in total. The lowest BCUT2D eigenvalue weighted by Crippen LogP contribution is -2.44. The molecule has 1 heterocycles. The predicted molar refractivity (Wildman–Crippen MR) is 69.8 cm³/mol. The summed E-state index contributed by atoms with van der Waals surface area (Å²) in [6.07, 6.45) is 2.36. The zero-order chi connectivity index (χ0) is 11.3. The molecule has 0 spiro atoms. The average Bonchev–Trinajstić information content (AvgIpc) is 2.16. The fourth-order valence-electron chi connectivity index (χ4n) is 1.85. The van der Waals surface area contributed by atoms with Crippen molar-refractivity contribution in [3.8, 4) is 6.07 Å². The Labute approximate surface area is 106 Å². The molecule has 0 aromatic carbocycles. The van der Waals surface area contributed by atoms with Crippen LogP contribution in [0.5, 0.6) is 0 Å². The van der Waals surface area contributed by atoms with Crippen molar-refractivity contribution in [1.82, 2.24) is 10.2 Å². The number of nitriles is 1. The lowest BCUT2D eigenvalue weighted by Gasteiger charge is -2.32. The number of halogens is 1. The molecule has 0 bridgehead atoms. The van der Waals surface area contributed by atoms with Gasteiger partial charge in [0.1, 0.15) is 0 Å². The van der Waals surface area contributed by atoms with Gasteiger partial charge in [-0.2, -0.15) is 5.26 Å². The van der Waals surface area contributed by atoms with E-state index in [1.807, 2.05) is 0 Å². The minimum absolute atomic E-state index is 0. The van der Waals surface area contributed by atoms with Gasteiger partial charge in [-0.05, 0) is 18.3 Å². The van der Waals surface area contributed by atoms with Gasteiger partial charge in [0, 0.05) is 25.7 Å². The van der Waals surface area contributed by atoms with Crippen LogP contribution in [0.25, 0.3) is 0 Å². The van der Waals surface area contributed by atoms with E-state index in [1.54, 1.807) is 0 Å². The Bertz CT molecular complexity index is 221. The molecule has 4 heteroatoms. The molecule has 0 amide bonds. The Morgan fingerprint density at radius 2 is 1.88 bits per heavy atom. The summed E-state index contributed by atoms with van der Waals surface area (Å²) in [5.41, 5.74) is 0.365. The lowest BCUT2D eigenvalue weighted by molar-refractivity contribution is 0.207. The first-order valence-electron chi connectivity index (χ1n) is 5.84. The van der Waals surface area contributed by atoms with Gasteiger partial charge in [0.2, 0.25) is 0 Å². The van der Waals surface area contributed by atoms with Crippen LogP contribution in [0.15, 0.2) is 0 Å². The van der Waals surface area contributed by atoms with Crippen LogP contribution >= 0.6 is 12.4 Å². The summed E-state index contributed by atoms with van der Waals surface area (Å²) in [6, 6.07) is 2.87. The number of hydrogen-bond donors (Lipinski definition) is 1. The zero-order valence-corrected chi connectivity index (χ0v) is 11.4. The van der Waals surface area contributed by atoms with E-state index in [9.17, 15) is 0 Å². The van der Waals surface area contributed by atoms with Crippen LogP contribution in [0.2, 0.25) is 0 Å². The van der Waals surface area contributed by atoms with E-state index in [0.29, 0.717) is 18.0 Å². The second kappa shape index (κ2) is 7.11. The Balaban J connectivity index is 0.00000225. The summed E-state index contributed by atoms with van der Waals surface area (Å²) in [4.78, 5) is 2.23. The van der Waals surface area contributed by atoms with Crippen molar-refractivity contribution < 1.29 is 0 Å². The van der Waals surface area contributed by atoms with Crippen molar-refractivity contribution in [3.63, 3.8) is 0 Å². The Morgan fingerprint density at radius 1 is 1.31 bits per heavy atom. The van der Waals surface area contributed by atoms with Crippen molar-refractivity contribution in [2.24, 2.45) is 5.41 Å². The molecular weight excluding hydrogens is 222 g/mol. The van der Waals surface area contributed by atoms with Gasteiger partial charge in [0.25, 0.3) is 0 Å². The van der Waals surface area contributed by atoms with Crippen LogP contribution in [0.3, 0.4) is 0 Å². The maximum atomic E-state index is 8.59. The molecule has 1 rings (SSSR count). The third kappa shape index (κ3) is 6.32. The quantitative estimate of drug-likeness (QED) is 0.774. The van der Waals surface area contributed by atoms with Crippen molar-refractivity contribution in [1.29, 1.82) is 5.26 Å². The number of likely N-dealkylation sites (tertiary alicyclic amines) is 1. The molecule has 1 saturated heterocycles. The third-order valence-electron chi connectivity index (χ3n) is 2.80. The number of nitrogens with zero attached hydrogens (tertiary/aromatic N) is 2. The highest BCUT2D eigenvalue weighted by atomic mass is 35.5. The molecule has 1 aliphatic rings. The van der Waals surface area contributed by atoms with E-state index in [1.165, 1.54) is 12.8 Å². The lowest BCUT2D eigenvalue weighted by atomic mass is 9.95. The summed E-state index contributed by atoms with van der Waals surface area (Å²) in [6.45, 7) is 10.6. The molecule has 0 aromatic rings. The zero-order valence-electron chi connectivity index (χ0n) is 10.6. The second-order valence-electron chi connectivity index (χ2n) is 5.65. The maximum absolute atomic E-state index is 8.59. The van der Waals surface area contributed by atoms with Crippen molar-refractivity contribution >= 4 is 12.4 Å². The monoisotopic (exact) mass is 245 g/mol. The van der Waals surface area contributed by atoms with E-state index in [-0.39, 0.29) is 12.4 Å². The van der Waals surface area contributed by atoms with E-state index in [4.69, 9.17) is 5.26 Å². The standard InChI is InChI=1S/C12H23N3.ClH/c1-12(2,3)10-14-11-4-7-15(8-5-11)9-6-13;/h11,14H,4-5,7-10H2,1-3H3;1H. The van der Waals surface area contributed by atoms with Crippen LogP contribution in [0.4, 0.5) is 0 Å². The molecule has 0 aromatic heterocycles. The highest BCUT2D eigenvalue weighted by molar-refractivity contribution is 5.85. The Hall–Kier alpha value is -0.300. The van der Waals surface area contributed by atoms with Crippen molar-refractivity contribution in [2.75, 3.05) is 26.2 Å². The summed E-state index contributed by atoms with van der Waals surface area (Å²) in [5, 5.41) is 12.2. The van der Waals surface area contributed by atoms with Gasteiger partial charge in [0.15, 0.2) is 0 Å². The molecule has 1 aliphatic heterocycles. The van der Waals surface area contributed by atoms with Gasteiger partial charge in [-0.15, -0.1) is 12.4 Å². The van der Waals surface area contributed by atoms with Crippen LogP contribution in [-0.4, -0.2) is 37.1 Å². The summed E-state index contributed by atoms with van der Waals surface area (Å²) in [7, 11) is 0. The Morgan fingerprint density at radius 3 is 2.31 bits per heavy atom. The van der Waals surface area contributed by atoms with Gasteiger partial charge in [-0.3, -0.25) is 4.90 Å². The summed E-state index contributed by atoms with van der Waals surface area (Å²) in [5.74, 6) is 0. The topological polar surface area (TPSA) is 39.1 Å². The highest BCUT2D eigenvalue weighted by Gasteiger charge is 2.20. The largest absolute Gasteiger partial charge is 0.313 e. The van der Waals surface area contributed by atoms with Gasteiger partial charge >= 0.3 is 0 Å². The molecule has 0 atom stereocenters. The average molecular weight is 246 g/mol. The van der Waals surface area contributed by atoms with Crippen molar-refractivity contribution in [2.45, 2.75) is 39.7 Å². The van der Waals surface area contributed by atoms with E-state index in [0.717, 1.165) is 19.6 Å². The number of hydrogen-bond acceptors (Lipinski definition) is 3. The third-order valence-corrected chi connectivity index (χ3v) is 2.80. The maximum Gasteiger partial charge on any atom is 0.0866 e. The smallest absolute Gasteiger partial charge is 0.0866 e. The van der Waals surface area contributed by atoms with Crippen LogP contribution in [0, 0.1) is 16.7 Å². The fraction of sp³-hybridized carbons (Fsp3) is 0.917. The molecule has 0 unspecified atom stereocenters. The van der Waals surface area contributed by atoms with Gasteiger partial charge < -0.3 is 5.32 Å². The predicted octanol–water partition coefficient (Wildman–Crippen LogP) is 2.03. The molecule has 0 aliphatic carbocycles. The van der Waals surface area contributed by atoms with Gasteiger partial charge in [-0.1, -0.05) is 20.8 Å². The highest BCUT2D eigenvalue weighted by Crippen LogP contribution is 2.14. The normalized spacial score (nSPS) is 18.9. The van der Waals surface area contributed by atoms with Crippen molar-refractivity contribution in [3.05, 3.63) is 0 Å². The molecule has 0 radical (unpaired) electrons. The summed E-state index contributed by atoms with van der Waals surface area (Å²) < 4.78 is 0. The number of piperidine rings is 1. The van der Waals surface area contributed by atoms with E-state index in [2.05, 4.69) is 37.1 Å². The molecule has 16 heavy (non-hydrogen) atoms. The first kappa shape index (κ1) is 15.7. The first-order valence-corrected chi connectivity index (χ1v) is 5.84. The molecule has 1 fully saturated rings. The van der Waals surface area contributed by atoms with Gasteiger partial charge in [-0.25, -0.2) is 0 Å². The Kier molecular flexibility index (Phi) is 6.98. The van der Waals surface area contributed by atoms with Crippen LogP contribution < -0.4 is 5.32 Å². The van der Waals surface area contributed by atoms with Crippen LogP contribution in [-0.2, 0) is 0 Å². The van der Waals surface area contributed by atoms with Crippen LogP contribution in [0.1, 0.15) is 33.6 Å². The summed E-state index contributed by atoms with van der Waals surface area (Å²) >= 11 is 0. The first-order chi connectivity index (χ1) is 7.01. The van der Waals surface area contributed by atoms with E-state index < -0.39 is 0 Å². The fourth-order valence-corrected chi connectivity index (χ4v) is 1.85. The number of nitrogens with one attached hydrogen (secondary N) is 1. The molecular formula is C12H24ClN3. The molecule has 0 saturated carbocycles. The minimum Gasteiger partial charge on any atom is -0.313 e. The molecule has 94 valence electrons. The molecule has 1 N–H and O–H groups in total. The second-order valence-corrected chi connectivity index (χ2v) is 5.65. The number of rotatable bonds is 3. The van der Waals surface area contributed by atoms with E-state index >= 15 is 0 Å². The minimum atomic E-state index is 0. The SMILES string of the molecule is CC(C)(C)CNC1CCN(CC#N)CC1.Cl. The van der Waals surface area contributed by atoms with Gasteiger partial charge in [0.05, 0.1) is 12.6 Å².